The molecule has 27 heavy (non-hydrogen) atoms. The Kier molecular flexibility index (Phi) is 4.88. The van der Waals surface area contributed by atoms with E-state index < -0.39 is 10.8 Å². The van der Waals surface area contributed by atoms with Crippen LogP contribution in [-0.4, -0.2) is 36.9 Å². The second kappa shape index (κ2) is 7.44. The molecule has 1 amide bonds. The molecule has 0 unspecified atom stereocenters. The van der Waals surface area contributed by atoms with Gasteiger partial charge in [0, 0.05) is 29.6 Å². The van der Waals surface area contributed by atoms with E-state index in [9.17, 15) is 20.0 Å². The monoisotopic (exact) mass is 366 g/mol. The van der Waals surface area contributed by atoms with E-state index in [1.54, 1.807) is 37.4 Å². The Bertz CT molecular complexity index is 1030. The average molecular weight is 366 g/mol. The van der Waals surface area contributed by atoms with E-state index in [4.69, 9.17) is 0 Å². The molecular weight excluding hydrogens is 352 g/mol. The lowest BCUT2D eigenvalue weighted by molar-refractivity contribution is -0.384. The first-order chi connectivity index (χ1) is 13.0. The van der Waals surface area contributed by atoms with Crippen molar-refractivity contribution < 1.29 is 14.8 Å². The van der Waals surface area contributed by atoms with Gasteiger partial charge in [0.25, 0.3) is 11.6 Å². The Hall–Kier alpha value is -4.08. The molecule has 10 nitrogen and oxygen atoms in total. The van der Waals surface area contributed by atoms with Crippen molar-refractivity contribution >= 4 is 17.8 Å². The summed E-state index contributed by atoms with van der Waals surface area (Å²) in [5.41, 5.74) is 2.99. The van der Waals surface area contributed by atoms with Gasteiger partial charge in [0.15, 0.2) is 11.5 Å². The van der Waals surface area contributed by atoms with Gasteiger partial charge in [-0.25, -0.2) is 15.1 Å². The summed E-state index contributed by atoms with van der Waals surface area (Å²) in [6.45, 7) is 1.78. The number of phenols is 1. The first-order valence-electron chi connectivity index (χ1n) is 7.74. The van der Waals surface area contributed by atoms with Crippen molar-refractivity contribution in [1.29, 1.82) is 0 Å². The highest BCUT2D eigenvalue weighted by molar-refractivity contribution is 5.93. The molecule has 2 N–H and O–H groups in total. The number of amides is 1. The third-order valence-electron chi connectivity index (χ3n) is 3.58. The van der Waals surface area contributed by atoms with Gasteiger partial charge in [-0.05, 0) is 31.2 Å². The number of nitro benzene ring substituents is 1. The minimum Gasteiger partial charge on any atom is -0.507 e. The van der Waals surface area contributed by atoms with Crippen LogP contribution in [0.5, 0.6) is 5.75 Å². The van der Waals surface area contributed by atoms with Gasteiger partial charge < -0.3 is 5.11 Å². The number of benzene rings is 1. The fourth-order valence-electron chi connectivity index (χ4n) is 2.27. The summed E-state index contributed by atoms with van der Waals surface area (Å²) in [5.74, 6) is -0.207. The molecule has 0 bridgehead atoms. The van der Waals surface area contributed by atoms with E-state index in [0.29, 0.717) is 11.5 Å². The molecule has 0 atom stereocenters. The Labute approximate surface area is 152 Å². The van der Waals surface area contributed by atoms with Crippen molar-refractivity contribution in [2.24, 2.45) is 5.10 Å². The summed E-state index contributed by atoms with van der Waals surface area (Å²) in [6.07, 6.45) is 2.73. The smallest absolute Gasteiger partial charge is 0.291 e. The lowest BCUT2D eigenvalue weighted by atomic mass is 10.2. The summed E-state index contributed by atoms with van der Waals surface area (Å²) in [4.78, 5) is 26.6. The van der Waals surface area contributed by atoms with E-state index in [1.807, 2.05) is 0 Å². The van der Waals surface area contributed by atoms with Crippen LogP contribution < -0.4 is 5.43 Å². The third kappa shape index (κ3) is 3.95. The van der Waals surface area contributed by atoms with Crippen molar-refractivity contribution in [2.75, 3.05) is 0 Å². The minimum absolute atomic E-state index is 0.0969. The Morgan fingerprint density at radius 1 is 1.33 bits per heavy atom. The fourth-order valence-corrected chi connectivity index (χ4v) is 2.27. The van der Waals surface area contributed by atoms with E-state index in [1.165, 1.54) is 10.7 Å². The average Bonchev–Trinajstić information content (AvgIpc) is 3.05. The van der Waals surface area contributed by atoms with Gasteiger partial charge >= 0.3 is 0 Å². The van der Waals surface area contributed by atoms with Crippen molar-refractivity contribution in [3.63, 3.8) is 0 Å². The van der Waals surface area contributed by atoms with Gasteiger partial charge in [-0.3, -0.25) is 14.9 Å². The predicted octanol–water partition coefficient (Wildman–Crippen LogP) is 1.95. The molecule has 2 heterocycles. The number of carbonyl (C=O) groups is 1. The topological polar surface area (TPSA) is 136 Å². The first kappa shape index (κ1) is 17.7. The first-order valence-corrected chi connectivity index (χ1v) is 7.74. The normalized spacial score (nSPS) is 10.9. The second-order valence-electron chi connectivity index (χ2n) is 5.47. The number of nitro groups is 1. The quantitative estimate of drug-likeness (QED) is 0.402. The maximum atomic E-state index is 12.2. The molecular formula is C17H14N6O4. The number of carbonyl (C=O) groups excluding carboxylic acids is 1. The van der Waals surface area contributed by atoms with E-state index in [2.05, 4.69) is 20.6 Å². The summed E-state index contributed by atoms with van der Waals surface area (Å²) < 4.78 is 1.52. The number of nitrogens with zero attached hydrogens (tertiary/aromatic N) is 5. The summed E-state index contributed by atoms with van der Waals surface area (Å²) >= 11 is 0. The molecule has 0 aliphatic heterocycles. The molecule has 0 aliphatic carbocycles. The molecule has 0 fully saturated rings. The highest BCUT2D eigenvalue weighted by Crippen LogP contribution is 2.21. The van der Waals surface area contributed by atoms with Crippen LogP contribution in [0.1, 0.15) is 21.7 Å². The van der Waals surface area contributed by atoms with E-state index in [-0.39, 0.29) is 22.7 Å². The Balaban J connectivity index is 1.74. The molecule has 0 saturated carbocycles. The molecule has 136 valence electrons. The third-order valence-corrected chi connectivity index (χ3v) is 3.58. The molecule has 3 aromatic rings. The van der Waals surface area contributed by atoms with Crippen LogP contribution >= 0.6 is 0 Å². The van der Waals surface area contributed by atoms with Crippen LogP contribution in [0.4, 0.5) is 5.69 Å². The number of non-ortho nitro benzene ring substituents is 1. The van der Waals surface area contributed by atoms with Crippen LogP contribution in [-0.2, 0) is 0 Å². The van der Waals surface area contributed by atoms with Gasteiger partial charge in [-0.15, -0.1) is 0 Å². The number of phenolic OH excluding ortho intramolecular Hbond substituents is 1. The van der Waals surface area contributed by atoms with Gasteiger partial charge in [0.2, 0.25) is 0 Å². The summed E-state index contributed by atoms with van der Waals surface area (Å²) in [7, 11) is 0. The summed E-state index contributed by atoms with van der Waals surface area (Å²) in [5, 5.41) is 28.4. The molecule has 0 aliphatic rings. The largest absolute Gasteiger partial charge is 0.507 e. The van der Waals surface area contributed by atoms with Crippen LogP contribution in [0.15, 0.2) is 53.8 Å². The zero-order valence-corrected chi connectivity index (χ0v) is 14.1. The lowest BCUT2D eigenvalue weighted by Gasteiger charge is -2.01. The minimum atomic E-state index is -0.595. The number of rotatable bonds is 5. The van der Waals surface area contributed by atoms with Crippen LogP contribution in [0.2, 0.25) is 0 Å². The zero-order chi connectivity index (χ0) is 19.4. The van der Waals surface area contributed by atoms with E-state index in [0.717, 1.165) is 18.3 Å². The molecule has 1 aromatic carbocycles. The number of pyridine rings is 1. The number of nitrogens with one attached hydrogen (secondary N) is 1. The molecule has 0 spiro atoms. The standard InChI is InChI=1S/C17H14N6O4/c1-11-8-14(21-22(11)16-4-2-3-7-18-16)17(25)20-19-10-12-9-13(23(26)27)5-6-15(12)24/h2-10,24H,1H3,(H,20,25)/b19-10+. The van der Waals surface area contributed by atoms with E-state index >= 15 is 0 Å². The van der Waals surface area contributed by atoms with Gasteiger partial charge in [-0.2, -0.15) is 10.2 Å². The number of hydrogen-bond donors (Lipinski definition) is 2. The van der Waals surface area contributed by atoms with Gasteiger partial charge in [-0.1, -0.05) is 6.07 Å². The molecule has 3 rings (SSSR count). The predicted molar refractivity (Wildman–Crippen MR) is 95.9 cm³/mol. The number of hydrazone groups is 1. The maximum Gasteiger partial charge on any atom is 0.291 e. The SMILES string of the molecule is Cc1cc(C(=O)N/N=C/c2cc([N+](=O)[O-])ccc2O)nn1-c1ccccn1. The highest BCUT2D eigenvalue weighted by Gasteiger charge is 2.13. The number of aryl methyl sites for hydroxylation is 1. The van der Waals surface area contributed by atoms with Gasteiger partial charge in [0.1, 0.15) is 5.75 Å². The molecule has 10 heteroatoms. The summed E-state index contributed by atoms with van der Waals surface area (Å²) in [6, 6.07) is 10.4. The number of aromatic nitrogens is 3. The Morgan fingerprint density at radius 2 is 2.15 bits per heavy atom. The number of aromatic hydroxyl groups is 1. The fraction of sp³-hybridized carbons (Fsp3) is 0.0588. The highest BCUT2D eigenvalue weighted by atomic mass is 16.6. The van der Waals surface area contributed by atoms with Crippen LogP contribution in [0, 0.1) is 17.0 Å². The maximum absolute atomic E-state index is 12.2. The Morgan fingerprint density at radius 3 is 2.85 bits per heavy atom. The molecule has 0 saturated heterocycles. The molecule has 2 aromatic heterocycles. The van der Waals surface area contributed by atoms with Crippen LogP contribution in [0.3, 0.4) is 0 Å². The van der Waals surface area contributed by atoms with Gasteiger partial charge in [0.05, 0.1) is 11.1 Å². The van der Waals surface area contributed by atoms with Crippen molar-refractivity contribution in [1.82, 2.24) is 20.2 Å². The molecule has 0 radical (unpaired) electrons. The second-order valence-corrected chi connectivity index (χ2v) is 5.47. The number of hydrogen-bond acceptors (Lipinski definition) is 7. The van der Waals surface area contributed by atoms with Crippen LogP contribution in [0.25, 0.3) is 5.82 Å². The van der Waals surface area contributed by atoms with Crippen molar-refractivity contribution in [3.05, 3.63) is 75.7 Å². The lowest BCUT2D eigenvalue weighted by Crippen LogP contribution is -2.18. The van der Waals surface area contributed by atoms with Crippen molar-refractivity contribution in [3.8, 4) is 11.6 Å². The zero-order valence-electron chi connectivity index (χ0n) is 14.1. The van der Waals surface area contributed by atoms with Crippen molar-refractivity contribution in [2.45, 2.75) is 6.92 Å².